The third kappa shape index (κ3) is 2.94. The molecule has 0 N–H and O–H groups in total. The second-order valence-electron chi connectivity index (χ2n) is 4.52. The molecule has 0 bridgehead atoms. The van der Waals surface area contributed by atoms with Crippen molar-refractivity contribution in [1.29, 1.82) is 0 Å². The van der Waals surface area contributed by atoms with E-state index in [1.54, 1.807) is 30.3 Å². The van der Waals surface area contributed by atoms with Crippen molar-refractivity contribution in [1.82, 2.24) is 4.90 Å². The second-order valence-corrected chi connectivity index (χ2v) is 4.52. The zero-order chi connectivity index (χ0) is 15.4. The minimum atomic E-state index is -0.924. The quantitative estimate of drug-likeness (QED) is 0.347. The van der Waals surface area contributed by atoms with Crippen LogP contribution in [0.5, 0.6) is 0 Å². The van der Waals surface area contributed by atoms with Crippen molar-refractivity contribution >= 4 is 23.3 Å². The number of carbonyl (C=O) groups excluding carboxylic acids is 3. The van der Waals surface area contributed by atoms with Crippen LogP contribution in [-0.2, 0) is 19.1 Å². The molecule has 1 heterocycles. The van der Waals surface area contributed by atoms with Crippen molar-refractivity contribution in [3.05, 3.63) is 41.4 Å². The molecule has 1 aliphatic rings. The van der Waals surface area contributed by atoms with Gasteiger partial charge < -0.3 is 10.3 Å². The van der Waals surface area contributed by atoms with Crippen LogP contribution in [-0.4, -0.2) is 46.2 Å². The fourth-order valence-corrected chi connectivity index (χ4v) is 2.13. The van der Waals surface area contributed by atoms with Gasteiger partial charge in [0.25, 0.3) is 5.91 Å². The van der Waals surface area contributed by atoms with Gasteiger partial charge in [0.1, 0.15) is 6.61 Å². The molecular weight excluding hydrogens is 274 g/mol. The summed E-state index contributed by atoms with van der Waals surface area (Å²) in [6.45, 7) is 0.958. The van der Waals surface area contributed by atoms with Gasteiger partial charge in [-0.15, -0.1) is 0 Å². The Hall–Kier alpha value is -2.63. The molecule has 108 valence electrons. The fraction of sp³-hybridized carbons (Fsp3) is 0.286. The van der Waals surface area contributed by atoms with E-state index in [0.29, 0.717) is 5.56 Å². The van der Waals surface area contributed by atoms with Crippen LogP contribution in [0.4, 0.5) is 0 Å². The molecule has 7 heteroatoms. The Labute approximate surface area is 120 Å². The predicted octanol–water partition coefficient (Wildman–Crippen LogP) is 0.373. The normalized spacial score (nSPS) is 18.0. The van der Waals surface area contributed by atoms with E-state index < -0.39 is 29.4 Å². The van der Waals surface area contributed by atoms with E-state index in [1.165, 1.54) is 0 Å². The monoisotopic (exact) mass is 287 g/mol. The van der Waals surface area contributed by atoms with Crippen LogP contribution in [0.3, 0.4) is 0 Å². The third-order valence-electron chi connectivity index (χ3n) is 3.12. The SMILES string of the molecule is CC(=O)C(=[N+]=[N-])C(=O)N1C(=O)COC[C@H]1c1ccccc1. The number of ether oxygens (including phenoxy) is 1. The van der Waals surface area contributed by atoms with E-state index >= 15 is 0 Å². The van der Waals surface area contributed by atoms with Crippen molar-refractivity contribution in [2.75, 3.05) is 13.2 Å². The van der Waals surface area contributed by atoms with E-state index in [-0.39, 0.29) is 13.2 Å². The number of Topliss-reactive ketones (excluding diaryl/α,β-unsaturated/α-hetero) is 1. The second kappa shape index (κ2) is 6.21. The summed E-state index contributed by atoms with van der Waals surface area (Å²) in [6.07, 6.45) is 0. The molecule has 1 aromatic rings. The van der Waals surface area contributed by atoms with E-state index in [2.05, 4.69) is 4.79 Å². The zero-order valence-corrected chi connectivity index (χ0v) is 11.4. The van der Waals surface area contributed by atoms with Gasteiger partial charge in [-0.05, 0) is 5.56 Å². The van der Waals surface area contributed by atoms with E-state index in [1.807, 2.05) is 0 Å². The Morgan fingerprint density at radius 1 is 1.33 bits per heavy atom. The van der Waals surface area contributed by atoms with Crippen LogP contribution in [0.25, 0.3) is 5.53 Å². The molecule has 0 unspecified atom stereocenters. The first-order chi connectivity index (χ1) is 10.1. The number of amides is 2. The van der Waals surface area contributed by atoms with Crippen molar-refractivity contribution < 1.29 is 23.9 Å². The highest BCUT2D eigenvalue weighted by atomic mass is 16.5. The molecule has 2 rings (SSSR count). The maximum atomic E-state index is 12.3. The lowest BCUT2D eigenvalue weighted by Crippen LogP contribution is -2.51. The summed E-state index contributed by atoms with van der Waals surface area (Å²) in [7, 11) is 0. The number of morpholine rings is 1. The van der Waals surface area contributed by atoms with Crippen molar-refractivity contribution in [2.24, 2.45) is 0 Å². The van der Waals surface area contributed by atoms with Gasteiger partial charge in [-0.25, -0.2) is 0 Å². The number of ketones is 1. The Morgan fingerprint density at radius 3 is 2.57 bits per heavy atom. The predicted molar refractivity (Wildman–Crippen MR) is 71.2 cm³/mol. The number of benzene rings is 1. The first-order valence-corrected chi connectivity index (χ1v) is 6.28. The minimum absolute atomic E-state index is 0.123. The number of hydrogen-bond acceptors (Lipinski definition) is 4. The van der Waals surface area contributed by atoms with E-state index in [0.717, 1.165) is 11.8 Å². The highest BCUT2D eigenvalue weighted by Crippen LogP contribution is 2.25. The number of nitrogens with zero attached hydrogens (tertiary/aromatic N) is 3. The van der Waals surface area contributed by atoms with Gasteiger partial charge in [-0.1, -0.05) is 30.3 Å². The fourth-order valence-electron chi connectivity index (χ4n) is 2.13. The summed E-state index contributed by atoms with van der Waals surface area (Å²) in [5, 5.41) is 0. The molecular formula is C14H13N3O4. The van der Waals surface area contributed by atoms with Crippen molar-refractivity contribution in [3.63, 3.8) is 0 Å². The average molecular weight is 287 g/mol. The number of rotatable bonds is 3. The minimum Gasteiger partial charge on any atom is -0.369 e. The van der Waals surface area contributed by atoms with Gasteiger partial charge in [0.15, 0.2) is 0 Å². The molecule has 2 amide bonds. The molecule has 0 saturated carbocycles. The maximum Gasteiger partial charge on any atom is 0.421 e. The molecule has 0 radical (unpaired) electrons. The molecule has 7 nitrogen and oxygen atoms in total. The average Bonchev–Trinajstić information content (AvgIpc) is 2.48. The summed E-state index contributed by atoms with van der Waals surface area (Å²) in [5.74, 6) is -2.22. The molecule has 0 spiro atoms. The lowest BCUT2D eigenvalue weighted by atomic mass is 10.0. The lowest BCUT2D eigenvalue weighted by Gasteiger charge is -2.32. The van der Waals surface area contributed by atoms with E-state index in [4.69, 9.17) is 10.3 Å². The summed E-state index contributed by atoms with van der Waals surface area (Å²) in [4.78, 5) is 39.2. The highest BCUT2D eigenvalue weighted by molar-refractivity contribution is 6.64. The van der Waals surface area contributed by atoms with Gasteiger partial charge in [-0.3, -0.25) is 19.3 Å². The standard InChI is InChI=1S/C14H13N3O4/c1-9(18)13(16-15)14(20)17-11(7-21-8-12(17)19)10-5-3-2-4-6-10/h2-6,11H,7-8H2,1H3/t11-/m0/s1. The molecule has 1 saturated heterocycles. The summed E-state index contributed by atoms with van der Waals surface area (Å²) in [5.41, 5.74) is 8.84. The van der Waals surface area contributed by atoms with E-state index in [9.17, 15) is 14.4 Å². The first kappa shape index (κ1) is 14.8. The molecule has 1 aliphatic heterocycles. The Balaban J connectivity index is 2.41. The van der Waals surface area contributed by atoms with Crippen LogP contribution >= 0.6 is 0 Å². The molecule has 1 aromatic carbocycles. The number of imide groups is 1. The zero-order valence-electron chi connectivity index (χ0n) is 11.4. The summed E-state index contributed by atoms with van der Waals surface area (Å²) >= 11 is 0. The van der Waals surface area contributed by atoms with Gasteiger partial charge in [-0.2, -0.15) is 4.79 Å². The van der Waals surface area contributed by atoms with Crippen molar-refractivity contribution in [2.45, 2.75) is 13.0 Å². The van der Waals surface area contributed by atoms with Crippen LogP contribution in [0.15, 0.2) is 30.3 Å². The van der Waals surface area contributed by atoms with Crippen molar-refractivity contribution in [3.8, 4) is 0 Å². The van der Waals surface area contributed by atoms with Crippen LogP contribution < -0.4 is 0 Å². The maximum absolute atomic E-state index is 12.3. The largest absolute Gasteiger partial charge is 0.421 e. The van der Waals surface area contributed by atoms with Gasteiger partial charge in [0.2, 0.25) is 5.78 Å². The Kier molecular flexibility index (Phi) is 4.37. The molecule has 0 aliphatic carbocycles. The highest BCUT2D eigenvalue weighted by Gasteiger charge is 2.41. The number of hydrogen-bond donors (Lipinski definition) is 0. The summed E-state index contributed by atoms with van der Waals surface area (Å²) in [6, 6.07) is 8.17. The topological polar surface area (TPSA) is 100 Å². The van der Waals surface area contributed by atoms with Gasteiger partial charge in [0.05, 0.1) is 12.6 Å². The lowest BCUT2D eigenvalue weighted by molar-refractivity contribution is -0.158. The van der Waals surface area contributed by atoms with Crippen LogP contribution in [0, 0.1) is 0 Å². The molecule has 0 aromatic heterocycles. The van der Waals surface area contributed by atoms with Gasteiger partial charge in [0, 0.05) is 6.92 Å². The molecule has 1 fully saturated rings. The molecule has 1 atom stereocenters. The van der Waals surface area contributed by atoms with Crippen LogP contribution in [0.1, 0.15) is 18.5 Å². The molecule has 21 heavy (non-hydrogen) atoms. The summed E-state index contributed by atoms with van der Waals surface area (Å²) < 4.78 is 5.17. The van der Waals surface area contributed by atoms with Crippen LogP contribution in [0.2, 0.25) is 0 Å². The third-order valence-corrected chi connectivity index (χ3v) is 3.12. The van der Waals surface area contributed by atoms with Gasteiger partial charge >= 0.3 is 11.6 Å². The smallest absolute Gasteiger partial charge is 0.369 e. The Bertz CT molecular complexity index is 635. The Morgan fingerprint density at radius 2 is 2.00 bits per heavy atom. The number of carbonyl (C=O) groups is 3. The first-order valence-electron chi connectivity index (χ1n) is 6.28.